The second-order valence-corrected chi connectivity index (χ2v) is 3.29. The Hall–Kier alpha value is -1.85. The third kappa shape index (κ3) is 2.21. The van der Waals surface area contributed by atoms with Gasteiger partial charge in [-0.05, 0) is 18.2 Å². The van der Waals surface area contributed by atoms with Crippen molar-refractivity contribution in [3.05, 3.63) is 42.6 Å². The van der Waals surface area contributed by atoms with Crippen LogP contribution in [0.5, 0.6) is 0 Å². The van der Waals surface area contributed by atoms with Crippen molar-refractivity contribution in [1.82, 2.24) is 15.0 Å². The fourth-order valence-electron chi connectivity index (χ4n) is 1.32. The first-order valence-corrected chi connectivity index (χ1v) is 4.92. The van der Waals surface area contributed by atoms with Gasteiger partial charge in [0, 0.05) is 30.7 Å². The third-order valence-electron chi connectivity index (χ3n) is 2.17. The predicted octanol–water partition coefficient (Wildman–Crippen LogP) is 0.531. The highest BCUT2D eigenvalue weighted by Gasteiger charge is 2.09. The van der Waals surface area contributed by atoms with Crippen LogP contribution in [0.3, 0.4) is 0 Å². The molecule has 0 aromatic carbocycles. The van der Waals surface area contributed by atoms with E-state index in [2.05, 4.69) is 15.0 Å². The van der Waals surface area contributed by atoms with Crippen LogP contribution in [0.1, 0.15) is 11.9 Å². The number of aliphatic hydroxyl groups is 1. The minimum absolute atomic E-state index is 0.111. The monoisotopic (exact) mass is 216 g/mol. The summed E-state index contributed by atoms with van der Waals surface area (Å²) in [5.74, 6) is 0.344. The van der Waals surface area contributed by atoms with Gasteiger partial charge in [0.15, 0.2) is 5.82 Å². The summed E-state index contributed by atoms with van der Waals surface area (Å²) < 4.78 is 0. The maximum Gasteiger partial charge on any atom is 0.158 e. The summed E-state index contributed by atoms with van der Waals surface area (Å²) in [6, 6.07) is 5.48. The van der Waals surface area contributed by atoms with Crippen molar-refractivity contribution in [2.24, 2.45) is 5.73 Å². The maximum atomic E-state index is 9.54. The first kappa shape index (κ1) is 10.7. The molecule has 5 nitrogen and oxygen atoms in total. The lowest BCUT2D eigenvalue weighted by atomic mass is 10.2. The Bertz CT molecular complexity index is 461. The van der Waals surface area contributed by atoms with Gasteiger partial charge in [-0.1, -0.05) is 0 Å². The number of hydrogen-bond donors (Lipinski definition) is 2. The zero-order valence-corrected chi connectivity index (χ0v) is 8.61. The van der Waals surface area contributed by atoms with Crippen LogP contribution in [-0.4, -0.2) is 26.6 Å². The number of pyridine rings is 1. The molecular formula is C11H12N4O. The highest BCUT2D eigenvalue weighted by Crippen LogP contribution is 2.16. The van der Waals surface area contributed by atoms with E-state index in [-0.39, 0.29) is 6.54 Å². The summed E-state index contributed by atoms with van der Waals surface area (Å²) in [7, 11) is 0. The third-order valence-corrected chi connectivity index (χ3v) is 2.17. The zero-order chi connectivity index (χ0) is 11.4. The normalized spacial score (nSPS) is 12.4. The van der Waals surface area contributed by atoms with Crippen LogP contribution in [0.15, 0.2) is 36.8 Å². The first-order chi connectivity index (χ1) is 7.81. The summed E-state index contributed by atoms with van der Waals surface area (Å²) in [4.78, 5) is 12.2. The standard InChI is InChI=1S/C11H12N4O/c12-7-10(16)11-14-6-3-9(15-11)8-1-4-13-5-2-8/h1-6,10,16H,7,12H2. The fourth-order valence-corrected chi connectivity index (χ4v) is 1.32. The summed E-state index contributed by atoms with van der Waals surface area (Å²) in [6.45, 7) is 0.111. The number of aliphatic hydroxyl groups excluding tert-OH is 1. The first-order valence-electron chi connectivity index (χ1n) is 4.92. The van der Waals surface area contributed by atoms with Crippen molar-refractivity contribution in [2.75, 3.05) is 6.54 Å². The van der Waals surface area contributed by atoms with Gasteiger partial charge in [-0.15, -0.1) is 0 Å². The second-order valence-electron chi connectivity index (χ2n) is 3.29. The van der Waals surface area contributed by atoms with Gasteiger partial charge in [-0.3, -0.25) is 4.98 Å². The van der Waals surface area contributed by atoms with Gasteiger partial charge in [0.05, 0.1) is 5.69 Å². The summed E-state index contributed by atoms with van der Waals surface area (Å²) >= 11 is 0. The molecule has 1 atom stereocenters. The van der Waals surface area contributed by atoms with Crippen LogP contribution in [0.4, 0.5) is 0 Å². The molecule has 0 aliphatic rings. The van der Waals surface area contributed by atoms with Gasteiger partial charge in [0.25, 0.3) is 0 Å². The molecule has 0 saturated carbocycles. The number of rotatable bonds is 3. The van der Waals surface area contributed by atoms with Gasteiger partial charge in [0.2, 0.25) is 0 Å². The molecule has 0 aliphatic carbocycles. The van der Waals surface area contributed by atoms with E-state index in [1.807, 2.05) is 12.1 Å². The molecule has 5 heteroatoms. The van der Waals surface area contributed by atoms with Crippen molar-refractivity contribution in [2.45, 2.75) is 6.10 Å². The smallest absolute Gasteiger partial charge is 0.158 e. The molecule has 1 unspecified atom stereocenters. The lowest BCUT2D eigenvalue weighted by molar-refractivity contribution is 0.176. The molecule has 82 valence electrons. The number of nitrogens with zero attached hydrogens (tertiary/aromatic N) is 3. The number of hydrogen-bond acceptors (Lipinski definition) is 5. The molecule has 2 aromatic rings. The molecule has 0 aliphatic heterocycles. The topological polar surface area (TPSA) is 84.9 Å². The summed E-state index contributed by atoms with van der Waals surface area (Å²) in [5.41, 5.74) is 7.04. The summed E-state index contributed by atoms with van der Waals surface area (Å²) in [6.07, 6.45) is 4.17. The highest BCUT2D eigenvalue weighted by molar-refractivity contribution is 5.57. The van der Waals surface area contributed by atoms with E-state index in [0.29, 0.717) is 5.82 Å². The van der Waals surface area contributed by atoms with E-state index in [4.69, 9.17) is 5.73 Å². The Kier molecular flexibility index (Phi) is 3.19. The molecule has 16 heavy (non-hydrogen) atoms. The Morgan fingerprint density at radius 2 is 1.94 bits per heavy atom. The lowest BCUT2D eigenvalue weighted by Crippen LogP contribution is -2.14. The van der Waals surface area contributed by atoms with Crippen molar-refractivity contribution in [3.8, 4) is 11.3 Å². The predicted molar refractivity (Wildman–Crippen MR) is 59.3 cm³/mol. The Morgan fingerprint density at radius 1 is 1.19 bits per heavy atom. The van der Waals surface area contributed by atoms with Crippen molar-refractivity contribution < 1.29 is 5.11 Å². The Morgan fingerprint density at radius 3 is 2.62 bits per heavy atom. The molecule has 3 N–H and O–H groups in total. The quantitative estimate of drug-likeness (QED) is 0.781. The lowest BCUT2D eigenvalue weighted by Gasteiger charge is -2.07. The molecule has 2 rings (SSSR count). The molecule has 0 amide bonds. The van der Waals surface area contributed by atoms with E-state index < -0.39 is 6.10 Å². The van der Waals surface area contributed by atoms with Gasteiger partial charge in [0.1, 0.15) is 6.10 Å². The second kappa shape index (κ2) is 4.78. The molecule has 0 bridgehead atoms. The number of aromatic nitrogens is 3. The average Bonchev–Trinajstić information content (AvgIpc) is 2.39. The molecule has 2 heterocycles. The number of nitrogens with two attached hydrogens (primary N) is 1. The van der Waals surface area contributed by atoms with E-state index in [1.54, 1.807) is 24.7 Å². The van der Waals surface area contributed by atoms with Gasteiger partial charge in [-0.2, -0.15) is 0 Å². The van der Waals surface area contributed by atoms with E-state index >= 15 is 0 Å². The molecule has 0 radical (unpaired) electrons. The van der Waals surface area contributed by atoms with Crippen molar-refractivity contribution in [1.29, 1.82) is 0 Å². The fraction of sp³-hybridized carbons (Fsp3) is 0.182. The minimum atomic E-state index is -0.818. The largest absolute Gasteiger partial charge is 0.384 e. The molecule has 0 spiro atoms. The Labute approximate surface area is 93.0 Å². The van der Waals surface area contributed by atoms with Crippen LogP contribution < -0.4 is 5.73 Å². The van der Waals surface area contributed by atoms with Crippen LogP contribution in [0, 0.1) is 0 Å². The average molecular weight is 216 g/mol. The van der Waals surface area contributed by atoms with E-state index in [1.165, 1.54) is 0 Å². The van der Waals surface area contributed by atoms with Crippen LogP contribution in [0.2, 0.25) is 0 Å². The van der Waals surface area contributed by atoms with Crippen LogP contribution >= 0.6 is 0 Å². The van der Waals surface area contributed by atoms with Crippen LogP contribution in [0.25, 0.3) is 11.3 Å². The highest BCUT2D eigenvalue weighted by atomic mass is 16.3. The molecule has 2 aromatic heterocycles. The molecular weight excluding hydrogens is 204 g/mol. The molecule has 0 saturated heterocycles. The Balaban J connectivity index is 2.36. The van der Waals surface area contributed by atoms with E-state index in [9.17, 15) is 5.11 Å². The SMILES string of the molecule is NCC(O)c1nccc(-c2ccncc2)n1. The zero-order valence-electron chi connectivity index (χ0n) is 8.61. The molecule has 0 fully saturated rings. The van der Waals surface area contributed by atoms with Crippen LogP contribution in [-0.2, 0) is 0 Å². The van der Waals surface area contributed by atoms with Gasteiger partial charge in [-0.25, -0.2) is 9.97 Å². The van der Waals surface area contributed by atoms with Gasteiger partial charge < -0.3 is 10.8 Å². The summed E-state index contributed by atoms with van der Waals surface area (Å²) in [5, 5.41) is 9.54. The minimum Gasteiger partial charge on any atom is -0.384 e. The van der Waals surface area contributed by atoms with E-state index in [0.717, 1.165) is 11.3 Å². The van der Waals surface area contributed by atoms with Gasteiger partial charge >= 0.3 is 0 Å². The van der Waals surface area contributed by atoms with Crippen molar-refractivity contribution >= 4 is 0 Å². The van der Waals surface area contributed by atoms with Crippen molar-refractivity contribution in [3.63, 3.8) is 0 Å². The maximum absolute atomic E-state index is 9.54.